The first-order chi connectivity index (χ1) is 16.7. The average molecular weight is 475 g/mol. The predicted molar refractivity (Wildman–Crippen MR) is 142 cm³/mol. The van der Waals surface area contributed by atoms with Gasteiger partial charge in [-0.15, -0.1) is 0 Å². The third-order valence-corrected chi connectivity index (χ3v) is 6.99. The summed E-state index contributed by atoms with van der Waals surface area (Å²) in [6.45, 7) is 12.9. The second-order valence-corrected chi connectivity index (χ2v) is 10.5. The number of phenolic OH excluding ortho intramolecular Hbond substituents is 2. The molecule has 4 heteroatoms. The van der Waals surface area contributed by atoms with Crippen LogP contribution in [0.15, 0.2) is 53.1 Å². The first-order valence-corrected chi connectivity index (χ1v) is 12.6. The minimum atomic E-state index is -0.192. The minimum Gasteiger partial charge on any atom is -0.508 e. The maximum absolute atomic E-state index is 10.8. The molecule has 2 aromatic rings. The second-order valence-electron chi connectivity index (χ2n) is 10.5. The van der Waals surface area contributed by atoms with Crippen LogP contribution in [-0.2, 0) is 12.8 Å². The zero-order valence-corrected chi connectivity index (χ0v) is 21.9. The van der Waals surface area contributed by atoms with Crippen LogP contribution < -0.4 is 9.47 Å². The number of ether oxygens (including phenoxy) is 2. The number of hydrogen-bond donors (Lipinski definition) is 2. The van der Waals surface area contributed by atoms with Crippen molar-refractivity contribution < 1.29 is 19.7 Å². The smallest absolute Gasteiger partial charge is 0.138 e. The van der Waals surface area contributed by atoms with E-state index in [-0.39, 0.29) is 17.8 Å². The number of aryl methyl sites for hydroxylation is 1. The highest BCUT2D eigenvalue weighted by atomic mass is 16.5. The van der Waals surface area contributed by atoms with Crippen molar-refractivity contribution in [2.75, 3.05) is 6.61 Å². The highest BCUT2D eigenvalue weighted by Gasteiger charge is 2.43. The van der Waals surface area contributed by atoms with E-state index >= 15 is 0 Å². The first-order valence-electron chi connectivity index (χ1n) is 12.6. The largest absolute Gasteiger partial charge is 0.508 e. The Hall–Kier alpha value is -3.14. The summed E-state index contributed by atoms with van der Waals surface area (Å²) in [5, 5.41) is 21.5. The molecular weight excluding hydrogens is 436 g/mol. The van der Waals surface area contributed by atoms with E-state index in [0.717, 1.165) is 46.4 Å². The molecule has 0 saturated heterocycles. The molecule has 2 aliphatic rings. The number of allylic oxidation sites excluding steroid dienone is 6. The lowest BCUT2D eigenvalue weighted by molar-refractivity contribution is 0.138. The standard InChI is InChI=1S/C31H38O4/c1-18(2)8-7-9-20(5)11-12-22-15-25-28(16-27(22)32)34-17-26-24-14-21(6)29(33)23(13-10-19(3)4)30(24)35-31(25)26/h8,10-11,14-16,26,31-33H,7,9,12-13,17H2,1-6H3/b20-11+. The van der Waals surface area contributed by atoms with Gasteiger partial charge in [0.2, 0.25) is 0 Å². The normalized spacial score (nSPS) is 18.1. The SMILES string of the molecule is CC(C)=CCC/C(C)=C/Cc1cc2c(cc1O)OCC1c3cc(C)c(O)c(CC=C(C)C)c3OC21. The van der Waals surface area contributed by atoms with Crippen LogP contribution in [0.4, 0.5) is 0 Å². The lowest BCUT2D eigenvalue weighted by Crippen LogP contribution is -2.23. The molecular formula is C31H38O4. The number of benzene rings is 2. The van der Waals surface area contributed by atoms with Crippen LogP contribution in [0.3, 0.4) is 0 Å². The molecule has 0 bridgehead atoms. The van der Waals surface area contributed by atoms with E-state index in [2.05, 4.69) is 52.8 Å². The highest BCUT2D eigenvalue weighted by Crippen LogP contribution is 2.55. The van der Waals surface area contributed by atoms with Crippen LogP contribution in [0.25, 0.3) is 0 Å². The monoisotopic (exact) mass is 474 g/mol. The Kier molecular flexibility index (Phi) is 7.30. The molecule has 0 radical (unpaired) electrons. The molecule has 4 nitrogen and oxygen atoms in total. The van der Waals surface area contributed by atoms with Gasteiger partial charge in [0, 0.05) is 22.8 Å². The number of phenols is 2. The van der Waals surface area contributed by atoms with E-state index < -0.39 is 0 Å². The molecule has 0 amide bonds. The van der Waals surface area contributed by atoms with Crippen molar-refractivity contribution in [3.05, 3.63) is 81.0 Å². The van der Waals surface area contributed by atoms with Crippen LogP contribution in [-0.4, -0.2) is 16.8 Å². The first kappa shape index (κ1) is 25.0. The summed E-state index contributed by atoms with van der Waals surface area (Å²) in [7, 11) is 0. The van der Waals surface area contributed by atoms with Crippen molar-refractivity contribution in [3.8, 4) is 23.0 Å². The number of aromatic hydroxyl groups is 2. The summed E-state index contributed by atoms with van der Waals surface area (Å²) in [6, 6.07) is 5.80. The van der Waals surface area contributed by atoms with Gasteiger partial charge in [-0.25, -0.2) is 0 Å². The minimum absolute atomic E-state index is 0.0565. The molecule has 2 heterocycles. The van der Waals surface area contributed by atoms with Gasteiger partial charge in [0.1, 0.15) is 29.1 Å². The number of fused-ring (bicyclic) bond motifs is 5. The topological polar surface area (TPSA) is 58.9 Å². The number of rotatable bonds is 7. The maximum atomic E-state index is 10.8. The van der Waals surface area contributed by atoms with Gasteiger partial charge in [0.05, 0.1) is 12.5 Å². The third kappa shape index (κ3) is 5.27. The Labute approximate surface area is 209 Å². The average Bonchev–Trinajstić information content (AvgIpc) is 3.16. The molecule has 4 rings (SSSR count). The Morgan fingerprint density at radius 3 is 2.40 bits per heavy atom. The maximum Gasteiger partial charge on any atom is 0.138 e. The van der Waals surface area contributed by atoms with Crippen LogP contribution in [0.5, 0.6) is 23.0 Å². The van der Waals surface area contributed by atoms with Gasteiger partial charge in [-0.2, -0.15) is 0 Å². The summed E-state index contributed by atoms with van der Waals surface area (Å²) in [5.74, 6) is 2.07. The van der Waals surface area contributed by atoms with Crippen molar-refractivity contribution >= 4 is 0 Å². The molecule has 0 saturated carbocycles. The molecule has 2 N–H and O–H groups in total. The molecule has 2 aliphatic heterocycles. The van der Waals surface area contributed by atoms with Crippen molar-refractivity contribution in [2.24, 2.45) is 0 Å². The predicted octanol–water partition coefficient (Wildman–Crippen LogP) is 7.76. The Morgan fingerprint density at radius 2 is 1.69 bits per heavy atom. The summed E-state index contributed by atoms with van der Waals surface area (Å²) < 4.78 is 12.7. The fraction of sp³-hybridized carbons (Fsp3) is 0.419. The van der Waals surface area contributed by atoms with Crippen LogP contribution in [0, 0.1) is 6.92 Å². The van der Waals surface area contributed by atoms with Gasteiger partial charge in [-0.05, 0) is 90.5 Å². The molecule has 0 aromatic heterocycles. The molecule has 35 heavy (non-hydrogen) atoms. The quantitative estimate of drug-likeness (QED) is 0.403. The summed E-state index contributed by atoms with van der Waals surface area (Å²) >= 11 is 0. The zero-order chi connectivity index (χ0) is 25.3. The van der Waals surface area contributed by atoms with Crippen molar-refractivity contribution in [3.63, 3.8) is 0 Å². The Balaban J connectivity index is 1.63. The van der Waals surface area contributed by atoms with Gasteiger partial charge in [-0.3, -0.25) is 0 Å². The van der Waals surface area contributed by atoms with Gasteiger partial charge >= 0.3 is 0 Å². The van der Waals surface area contributed by atoms with Crippen molar-refractivity contribution in [2.45, 2.75) is 79.2 Å². The highest BCUT2D eigenvalue weighted by molar-refractivity contribution is 5.60. The lowest BCUT2D eigenvalue weighted by atomic mass is 9.86. The molecule has 2 unspecified atom stereocenters. The summed E-state index contributed by atoms with van der Waals surface area (Å²) in [5.41, 5.74) is 8.48. The second kappa shape index (κ2) is 10.2. The fourth-order valence-electron chi connectivity index (χ4n) is 4.92. The lowest BCUT2D eigenvalue weighted by Gasteiger charge is -2.28. The van der Waals surface area contributed by atoms with Gasteiger partial charge in [-0.1, -0.05) is 34.9 Å². The van der Waals surface area contributed by atoms with E-state index in [0.29, 0.717) is 30.9 Å². The van der Waals surface area contributed by atoms with E-state index in [9.17, 15) is 10.2 Å². The van der Waals surface area contributed by atoms with E-state index in [1.54, 1.807) is 6.07 Å². The van der Waals surface area contributed by atoms with Crippen LogP contribution in [0.1, 0.15) is 87.3 Å². The summed E-state index contributed by atoms with van der Waals surface area (Å²) in [4.78, 5) is 0. The molecule has 0 aliphatic carbocycles. The van der Waals surface area contributed by atoms with Crippen molar-refractivity contribution in [1.82, 2.24) is 0 Å². The molecule has 186 valence electrons. The summed E-state index contributed by atoms with van der Waals surface area (Å²) in [6.07, 6.45) is 9.72. The zero-order valence-electron chi connectivity index (χ0n) is 21.9. The van der Waals surface area contributed by atoms with Crippen LogP contribution in [0.2, 0.25) is 0 Å². The molecule has 2 aromatic carbocycles. The van der Waals surface area contributed by atoms with Crippen LogP contribution >= 0.6 is 0 Å². The third-order valence-electron chi connectivity index (χ3n) is 6.99. The van der Waals surface area contributed by atoms with E-state index in [1.807, 2.05) is 19.1 Å². The molecule has 2 atom stereocenters. The van der Waals surface area contributed by atoms with Gasteiger partial charge in [0.15, 0.2) is 0 Å². The van der Waals surface area contributed by atoms with E-state index in [4.69, 9.17) is 9.47 Å². The fourth-order valence-corrected chi connectivity index (χ4v) is 4.92. The number of hydrogen-bond acceptors (Lipinski definition) is 4. The molecule has 0 fully saturated rings. The van der Waals surface area contributed by atoms with Gasteiger partial charge < -0.3 is 19.7 Å². The Morgan fingerprint density at radius 1 is 0.943 bits per heavy atom. The molecule has 0 spiro atoms. The van der Waals surface area contributed by atoms with Crippen molar-refractivity contribution in [1.29, 1.82) is 0 Å². The van der Waals surface area contributed by atoms with E-state index in [1.165, 1.54) is 16.7 Å². The Bertz CT molecular complexity index is 1210. The van der Waals surface area contributed by atoms with Gasteiger partial charge in [0.25, 0.3) is 0 Å².